The maximum absolute atomic E-state index is 4.82. The van der Waals surface area contributed by atoms with Gasteiger partial charge >= 0.3 is 0 Å². The van der Waals surface area contributed by atoms with Crippen LogP contribution in [0.3, 0.4) is 0 Å². The van der Waals surface area contributed by atoms with Gasteiger partial charge in [-0.2, -0.15) is 30.8 Å². The molecule has 0 bridgehead atoms. The monoisotopic (exact) mass is 381 g/mol. The third-order valence-corrected chi connectivity index (χ3v) is 5.01. The third kappa shape index (κ3) is 5.24. The second-order valence-corrected chi connectivity index (χ2v) is 7.27. The summed E-state index contributed by atoms with van der Waals surface area (Å²) in [4.78, 5) is 4.82. The van der Waals surface area contributed by atoms with Gasteiger partial charge < -0.3 is 0 Å². The summed E-state index contributed by atoms with van der Waals surface area (Å²) < 4.78 is 0. The Bertz CT molecular complexity index is 771. The predicted molar refractivity (Wildman–Crippen MR) is 111 cm³/mol. The van der Waals surface area contributed by atoms with E-state index in [0.717, 1.165) is 59.8 Å². The molecule has 3 rings (SSSR count). The van der Waals surface area contributed by atoms with E-state index < -0.39 is 0 Å². The van der Waals surface area contributed by atoms with Crippen molar-refractivity contribution in [2.24, 2.45) is 0 Å². The highest BCUT2D eigenvalue weighted by molar-refractivity contribution is 5.63. The summed E-state index contributed by atoms with van der Waals surface area (Å²) in [7, 11) is 0. The summed E-state index contributed by atoms with van der Waals surface area (Å²) in [5, 5.41) is 22.9. The van der Waals surface area contributed by atoms with Gasteiger partial charge in [0.25, 0.3) is 0 Å². The second-order valence-electron chi connectivity index (χ2n) is 7.27. The molecule has 3 aromatic heterocycles. The van der Waals surface area contributed by atoms with Crippen LogP contribution in [0.2, 0.25) is 0 Å². The molecule has 7 heteroatoms. The van der Waals surface area contributed by atoms with Crippen molar-refractivity contribution < 1.29 is 0 Å². The Labute approximate surface area is 166 Å². The van der Waals surface area contributed by atoms with E-state index in [2.05, 4.69) is 44.7 Å². The fourth-order valence-corrected chi connectivity index (χ4v) is 3.40. The van der Waals surface area contributed by atoms with Gasteiger partial charge in [-0.3, -0.25) is 0 Å². The quantitative estimate of drug-likeness (QED) is 0.435. The van der Waals surface area contributed by atoms with Crippen LogP contribution in [0.15, 0.2) is 18.2 Å². The number of pyridine rings is 1. The van der Waals surface area contributed by atoms with Crippen molar-refractivity contribution >= 4 is 0 Å². The van der Waals surface area contributed by atoms with Crippen LogP contribution in [0, 0.1) is 0 Å². The molecule has 0 aliphatic rings. The molecule has 2 N–H and O–H groups in total. The lowest BCUT2D eigenvalue weighted by Gasteiger charge is -2.04. The first-order valence-corrected chi connectivity index (χ1v) is 10.6. The summed E-state index contributed by atoms with van der Waals surface area (Å²) in [6.45, 7) is 4.44. The summed E-state index contributed by atoms with van der Waals surface area (Å²) >= 11 is 0. The molecule has 7 nitrogen and oxygen atoms in total. The molecule has 150 valence electrons. The van der Waals surface area contributed by atoms with Crippen LogP contribution in [-0.2, 0) is 12.8 Å². The minimum absolute atomic E-state index is 0.830. The number of nitrogens with zero attached hydrogens (tertiary/aromatic N) is 5. The van der Waals surface area contributed by atoms with Gasteiger partial charge in [-0.05, 0) is 37.8 Å². The van der Waals surface area contributed by atoms with E-state index in [0.29, 0.717) is 0 Å². The Kier molecular flexibility index (Phi) is 7.70. The van der Waals surface area contributed by atoms with Gasteiger partial charge in [0.1, 0.15) is 11.4 Å². The minimum Gasteiger partial charge on any atom is -0.244 e. The zero-order chi connectivity index (χ0) is 19.6. The molecule has 0 aromatic carbocycles. The summed E-state index contributed by atoms with van der Waals surface area (Å²) in [6, 6.07) is 5.97. The zero-order valence-electron chi connectivity index (χ0n) is 17.0. The molecule has 0 aliphatic carbocycles. The average Bonchev–Trinajstić information content (AvgIpc) is 3.38. The van der Waals surface area contributed by atoms with E-state index in [1.165, 1.54) is 38.5 Å². The maximum Gasteiger partial charge on any atom is 0.134 e. The van der Waals surface area contributed by atoms with E-state index in [9.17, 15) is 0 Å². The Hall–Kier alpha value is -2.57. The number of nitrogens with one attached hydrogen (secondary N) is 2. The van der Waals surface area contributed by atoms with Crippen LogP contribution in [0.1, 0.15) is 76.6 Å². The molecule has 3 aromatic rings. The van der Waals surface area contributed by atoms with Crippen molar-refractivity contribution in [3.63, 3.8) is 0 Å². The lowest BCUT2D eigenvalue weighted by Crippen LogP contribution is -1.96. The van der Waals surface area contributed by atoms with Gasteiger partial charge in [0.2, 0.25) is 0 Å². The van der Waals surface area contributed by atoms with Gasteiger partial charge in [-0.25, -0.2) is 4.98 Å². The van der Waals surface area contributed by atoms with Gasteiger partial charge in [0.05, 0.1) is 22.8 Å². The molecule has 0 amide bonds. The first-order chi connectivity index (χ1) is 13.8. The average molecular weight is 382 g/mol. The number of hydrogen-bond donors (Lipinski definition) is 2. The van der Waals surface area contributed by atoms with Crippen molar-refractivity contribution in [2.45, 2.75) is 78.1 Å². The van der Waals surface area contributed by atoms with Crippen LogP contribution in [-0.4, -0.2) is 35.8 Å². The highest BCUT2D eigenvalue weighted by atomic mass is 15.3. The highest BCUT2D eigenvalue weighted by Gasteiger charge is 2.15. The van der Waals surface area contributed by atoms with Gasteiger partial charge in [-0.1, -0.05) is 58.4 Å². The van der Waals surface area contributed by atoms with Crippen molar-refractivity contribution in [3.8, 4) is 22.8 Å². The van der Waals surface area contributed by atoms with E-state index >= 15 is 0 Å². The Morgan fingerprint density at radius 1 is 0.643 bits per heavy atom. The SMILES string of the molecule is CCCCCCc1n[nH]nc1-c1cccc(-c2n[nH]nc2CCCCCC)n1. The van der Waals surface area contributed by atoms with E-state index in [1.807, 2.05) is 18.2 Å². The molecule has 3 heterocycles. The lowest BCUT2D eigenvalue weighted by molar-refractivity contribution is 0.659. The van der Waals surface area contributed by atoms with E-state index in [-0.39, 0.29) is 0 Å². The molecule has 0 radical (unpaired) electrons. The first-order valence-electron chi connectivity index (χ1n) is 10.6. The fourth-order valence-electron chi connectivity index (χ4n) is 3.40. The molecule has 0 fully saturated rings. The van der Waals surface area contributed by atoms with Gasteiger partial charge in [0, 0.05) is 0 Å². The Balaban J connectivity index is 1.74. The minimum atomic E-state index is 0.830. The van der Waals surface area contributed by atoms with Crippen LogP contribution in [0.4, 0.5) is 0 Å². The van der Waals surface area contributed by atoms with Crippen molar-refractivity contribution in [2.75, 3.05) is 0 Å². The number of aromatic amines is 2. The van der Waals surface area contributed by atoms with Crippen molar-refractivity contribution in [1.82, 2.24) is 35.8 Å². The molecule has 0 aliphatic heterocycles. The highest BCUT2D eigenvalue weighted by Crippen LogP contribution is 2.24. The topological polar surface area (TPSA) is 96.0 Å². The smallest absolute Gasteiger partial charge is 0.134 e. The number of aromatic nitrogens is 7. The predicted octanol–water partition coefficient (Wildman–Crippen LogP) is 4.90. The molecular weight excluding hydrogens is 350 g/mol. The molecule has 0 saturated heterocycles. The summed E-state index contributed by atoms with van der Waals surface area (Å²) in [5.74, 6) is 0. The molecule has 0 unspecified atom stereocenters. The number of hydrogen-bond acceptors (Lipinski definition) is 5. The van der Waals surface area contributed by atoms with E-state index in [4.69, 9.17) is 4.98 Å². The Morgan fingerprint density at radius 3 is 1.61 bits per heavy atom. The molecule has 0 saturated carbocycles. The Morgan fingerprint density at radius 2 is 1.14 bits per heavy atom. The van der Waals surface area contributed by atoms with Crippen LogP contribution in [0.5, 0.6) is 0 Å². The zero-order valence-corrected chi connectivity index (χ0v) is 17.0. The largest absolute Gasteiger partial charge is 0.244 e. The molecule has 28 heavy (non-hydrogen) atoms. The number of H-pyrrole nitrogens is 2. The number of rotatable bonds is 12. The summed E-state index contributed by atoms with van der Waals surface area (Å²) in [5.41, 5.74) is 5.31. The van der Waals surface area contributed by atoms with Crippen LogP contribution in [0.25, 0.3) is 22.8 Å². The number of unbranched alkanes of at least 4 members (excludes halogenated alkanes) is 6. The molecular formula is C21H31N7. The third-order valence-electron chi connectivity index (χ3n) is 5.01. The van der Waals surface area contributed by atoms with E-state index in [1.54, 1.807) is 0 Å². The number of aryl methyl sites for hydroxylation is 2. The second kappa shape index (κ2) is 10.7. The normalized spacial score (nSPS) is 11.2. The first kappa shape index (κ1) is 20.2. The van der Waals surface area contributed by atoms with Crippen molar-refractivity contribution in [3.05, 3.63) is 29.6 Å². The van der Waals surface area contributed by atoms with Crippen LogP contribution < -0.4 is 0 Å². The van der Waals surface area contributed by atoms with Crippen molar-refractivity contribution in [1.29, 1.82) is 0 Å². The van der Waals surface area contributed by atoms with Crippen LogP contribution >= 0.6 is 0 Å². The standard InChI is InChI=1S/C21H31N7/c1-3-5-7-9-12-18-20(25-27-23-18)16-14-11-15-17(22-16)21-19(24-28-26-21)13-10-8-6-4-2/h11,14-15H,3-10,12-13H2,1-2H3,(H,23,25,27)(H,24,26,28). The van der Waals surface area contributed by atoms with Gasteiger partial charge in [0.15, 0.2) is 0 Å². The summed E-state index contributed by atoms with van der Waals surface area (Å²) in [6.07, 6.45) is 11.5. The lowest BCUT2D eigenvalue weighted by atomic mass is 10.1. The maximum atomic E-state index is 4.82. The molecule has 0 spiro atoms. The fraction of sp³-hybridized carbons (Fsp3) is 0.571. The van der Waals surface area contributed by atoms with Gasteiger partial charge in [-0.15, -0.1) is 0 Å². The molecule has 0 atom stereocenters.